The van der Waals surface area contributed by atoms with E-state index in [1.54, 1.807) is 6.92 Å². The zero-order valence-corrected chi connectivity index (χ0v) is 14.3. The highest BCUT2D eigenvalue weighted by Gasteiger charge is 2.32. The Balaban J connectivity index is 2.61. The van der Waals surface area contributed by atoms with Crippen molar-refractivity contribution in [3.8, 4) is 5.75 Å². The number of hydrogen-bond acceptors (Lipinski definition) is 2. The number of hydrogen-bond donors (Lipinski definition) is 2. The van der Waals surface area contributed by atoms with Crippen LogP contribution in [0.1, 0.15) is 31.4 Å². The second kappa shape index (κ2) is 7.59. The molecule has 0 radical (unpaired) electrons. The van der Waals surface area contributed by atoms with Crippen molar-refractivity contribution in [2.45, 2.75) is 26.4 Å². The number of benzene rings is 1. The maximum absolute atomic E-state index is 12.9. The van der Waals surface area contributed by atoms with Crippen LogP contribution in [0.2, 0.25) is 0 Å². The van der Waals surface area contributed by atoms with E-state index in [9.17, 15) is 18.3 Å². The predicted molar refractivity (Wildman–Crippen MR) is 92.7 cm³/mol. The minimum atomic E-state index is -4.49. The molecule has 0 spiro atoms. The van der Waals surface area contributed by atoms with Crippen LogP contribution < -0.4 is 5.73 Å². The topological polar surface area (TPSA) is 49.3 Å². The highest BCUT2D eigenvalue weighted by atomic mass is 19.4. The van der Waals surface area contributed by atoms with E-state index in [0.29, 0.717) is 30.1 Å². The summed E-state index contributed by atoms with van der Waals surface area (Å²) in [7, 11) is 0. The first-order chi connectivity index (χ1) is 11.7. The molecule has 0 aliphatic carbocycles. The van der Waals surface area contributed by atoms with Gasteiger partial charge in [-0.25, -0.2) is 4.58 Å². The molecule has 1 aromatic carbocycles. The zero-order chi connectivity index (χ0) is 18.6. The van der Waals surface area contributed by atoms with Gasteiger partial charge in [-0.2, -0.15) is 13.2 Å². The number of alkyl halides is 3. The normalized spacial score (nSPS) is 19.9. The molecule has 0 saturated heterocycles. The largest absolute Gasteiger partial charge is 0.507 e. The SMILES string of the molecule is C/C(N)=C\C[N+]1=C(c2ccc(C(F)(F)F)cc2O)/C(C)=C/C=C\CC1. The van der Waals surface area contributed by atoms with Crippen molar-refractivity contribution in [3.63, 3.8) is 0 Å². The van der Waals surface area contributed by atoms with E-state index >= 15 is 0 Å². The third kappa shape index (κ3) is 4.75. The Morgan fingerprint density at radius 1 is 1.36 bits per heavy atom. The van der Waals surface area contributed by atoms with Gasteiger partial charge in [0.05, 0.1) is 11.1 Å². The Labute approximate surface area is 145 Å². The Bertz CT molecular complexity index is 767. The minimum absolute atomic E-state index is 0.375. The van der Waals surface area contributed by atoms with Crippen LogP contribution in [0.3, 0.4) is 0 Å². The Hall–Kier alpha value is -2.50. The lowest BCUT2D eigenvalue weighted by atomic mass is 9.98. The van der Waals surface area contributed by atoms with Crippen molar-refractivity contribution in [1.29, 1.82) is 0 Å². The molecule has 0 fully saturated rings. The van der Waals surface area contributed by atoms with Crippen molar-refractivity contribution in [2.75, 3.05) is 13.1 Å². The molecule has 0 aromatic heterocycles. The van der Waals surface area contributed by atoms with E-state index in [0.717, 1.165) is 24.1 Å². The third-order valence-corrected chi connectivity index (χ3v) is 3.95. The molecule has 6 heteroatoms. The maximum Gasteiger partial charge on any atom is 0.416 e. The number of nitrogens with zero attached hydrogens (tertiary/aromatic N) is 1. The van der Waals surface area contributed by atoms with E-state index in [1.165, 1.54) is 6.07 Å². The van der Waals surface area contributed by atoms with Crippen LogP contribution in [-0.2, 0) is 6.18 Å². The third-order valence-electron chi connectivity index (χ3n) is 3.95. The fourth-order valence-electron chi connectivity index (χ4n) is 2.71. The van der Waals surface area contributed by atoms with Crippen LogP contribution >= 0.6 is 0 Å². The quantitative estimate of drug-likeness (QED) is 0.809. The van der Waals surface area contributed by atoms with E-state index in [2.05, 4.69) is 0 Å². The van der Waals surface area contributed by atoms with E-state index in [4.69, 9.17) is 5.73 Å². The standard InChI is InChI=1S/C19H21F3N2O/c1-13-6-4-3-5-10-24(11-9-14(2)23)18(13)16-8-7-15(12-17(16)25)19(20,21)22/h3-4,6-9,12H,5,10-11,23H2,1-2H3/p+1/b4-3-,13-6+,14-9+. The van der Waals surface area contributed by atoms with Gasteiger partial charge in [0.1, 0.15) is 12.3 Å². The number of phenolic OH excluding ortho intramolecular Hbond substituents is 1. The molecule has 0 atom stereocenters. The van der Waals surface area contributed by atoms with Gasteiger partial charge in [0, 0.05) is 17.7 Å². The van der Waals surface area contributed by atoms with E-state index in [1.807, 2.05) is 35.8 Å². The summed E-state index contributed by atoms with van der Waals surface area (Å²) < 4.78 is 40.6. The van der Waals surface area contributed by atoms with Gasteiger partial charge in [-0.15, -0.1) is 0 Å². The number of aromatic hydroxyl groups is 1. The van der Waals surface area contributed by atoms with Gasteiger partial charge in [-0.05, 0) is 38.1 Å². The number of nitrogens with two attached hydrogens (primary N) is 1. The Morgan fingerprint density at radius 3 is 2.68 bits per heavy atom. The van der Waals surface area contributed by atoms with E-state index < -0.39 is 11.7 Å². The first kappa shape index (κ1) is 18.8. The second-order valence-electron chi connectivity index (χ2n) is 6.04. The van der Waals surface area contributed by atoms with Crippen LogP contribution in [0, 0.1) is 0 Å². The summed E-state index contributed by atoms with van der Waals surface area (Å²) >= 11 is 0. The molecule has 0 amide bonds. The molecule has 3 N–H and O–H groups in total. The molecule has 134 valence electrons. The molecule has 1 aliphatic rings. The van der Waals surface area contributed by atoms with Gasteiger partial charge in [-0.3, -0.25) is 0 Å². The van der Waals surface area contributed by atoms with Crippen molar-refractivity contribution in [3.05, 3.63) is 64.9 Å². The molecule has 0 bridgehead atoms. The summed E-state index contributed by atoms with van der Waals surface area (Å²) in [5, 5.41) is 10.2. The number of halogens is 3. The Kier molecular flexibility index (Phi) is 5.72. The lowest BCUT2D eigenvalue weighted by Crippen LogP contribution is -2.26. The second-order valence-corrected chi connectivity index (χ2v) is 6.04. The van der Waals surface area contributed by atoms with Gasteiger partial charge in [0.25, 0.3) is 0 Å². The molecular weight excluding hydrogens is 329 g/mol. The minimum Gasteiger partial charge on any atom is -0.507 e. The first-order valence-corrected chi connectivity index (χ1v) is 7.98. The molecule has 1 aromatic rings. The van der Waals surface area contributed by atoms with Gasteiger partial charge in [-0.1, -0.05) is 18.2 Å². The summed E-state index contributed by atoms with van der Waals surface area (Å²) in [5.74, 6) is -0.388. The molecule has 1 aliphatic heterocycles. The summed E-state index contributed by atoms with van der Waals surface area (Å²) in [5.41, 5.74) is 7.44. The highest BCUT2D eigenvalue weighted by Crippen LogP contribution is 2.33. The highest BCUT2D eigenvalue weighted by molar-refractivity contribution is 6.11. The van der Waals surface area contributed by atoms with E-state index in [-0.39, 0.29) is 5.75 Å². The van der Waals surface area contributed by atoms with Gasteiger partial charge in [0.15, 0.2) is 6.54 Å². The van der Waals surface area contributed by atoms with Crippen LogP contribution in [0.25, 0.3) is 0 Å². The number of allylic oxidation sites excluding steroid dienone is 4. The van der Waals surface area contributed by atoms with Crippen molar-refractivity contribution < 1.29 is 22.9 Å². The zero-order valence-electron chi connectivity index (χ0n) is 14.3. The van der Waals surface area contributed by atoms with Gasteiger partial charge in [0.2, 0.25) is 5.71 Å². The van der Waals surface area contributed by atoms with Crippen LogP contribution in [0.4, 0.5) is 13.2 Å². The van der Waals surface area contributed by atoms with Gasteiger partial charge < -0.3 is 10.8 Å². The van der Waals surface area contributed by atoms with Crippen molar-refractivity contribution >= 4 is 5.71 Å². The van der Waals surface area contributed by atoms with Crippen molar-refractivity contribution in [2.24, 2.45) is 5.73 Å². The molecule has 2 rings (SSSR count). The lowest BCUT2D eigenvalue weighted by Gasteiger charge is -2.14. The molecular formula is C19H22F3N2O+. The molecule has 1 heterocycles. The van der Waals surface area contributed by atoms with Crippen LogP contribution in [-0.4, -0.2) is 28.5 Å². The predicted octanol–water partition coefficient (Wildman–Crippen LogP) is 3.98. The fourth-order valence-corrected chi connectivity index (χ4v) is 2.71. The average molecular weight is 351 g/mol. The fraction of sp³-hybridized carbons (Fsp3) is 0.316. The monoisotopic (exact) mass is 351 g/mol. The van der Waals surface area contributed by atoms with Crippen molar-refractivity contribution in [1.82, 2.24) is 0 Å². The maximum atomic E-state index is 12.9. The summed E-state index contributed by atoms with van der Waals surface area (Å²) in [6.07, 6.45) is 3.97. The van der Waals surface area contributed by atoms with Gasteiger partial charge >= 0.3 is 6.18 Å². The number of rotatable bonds is 3. The summed E-state index contributed by atoms with van der Waals surface area (Å²) in [4.78, 5) is 0. The molecule has 3 nitrogen and oxygen atoms in total. The number of phenols is 1. The lowest BCUT2D eigenvalue weighted by molar-refractivity contribution is -0.516. The average Bonchev–Trinajstić information content (AvgIpc) is 2.50. The molecule has 25 heavy (non-hydrogen) atoms. The smallest absolute Gasteiger partial charge is 0.416 e. The Morgan fingerprint density at radius 2 is 2.08 bits per heavy atom. The summed E-state index contributed by atoms with van der Waals surface area (Å²) in [6, 6.07) is 3.08. The summed E-state index contributed by atoms with van der Waals surface area (Å²) in [6.45, 7) is 4.83. The molecule has 0 unspecified atom stereocenters. The molecule has 0 saturated carbocycles. The first-order valence-electron chi connectivity index (χ1n) is 7.98. The van der Waals surface area contributed by atoms with Crippen LogP contribution in [0.5, 0.6) is 5.75 Å². The van der Waals surface area contributed by atoms with Crippen LogP contribution in [0.15, 0.2) is 53.8 Å².